The van der Waals surface area contributed by atoms with Crippen molar-refractivity contribution in [1.82, 2.24) is 5.32 Å². The van der Waals surface area contributed by atoms with Crippen LogP contribution in [-0.2, 0) is 0 Å². The van der Waals surface area contributed by atoms with Gasteiger partial charge in [0.15, 0.2) is 0 Å². The number of benzene rings is 1. The number of hydrogen-bond donors (Lipinski definition) is 3. The highest BCUT2D eigenvalue weighted by Crippen LogP contribution is 2.19. The van der Waals surface area contributed by atoms with Gasteiger partial charge in [-0.3, -0.25) is 0 Å². The standard InChI is InChI=1S/C14H16N2O3/c1-3-4-5-9-15-14(19)16-11-8-6-7-10(2)12(11)13(17)18/h1,6-8H,4-5,9H2,2H3,(H,17,18)(H2,15,16,19). The van der Waals surface area contributed by atoms with E-state index < -0.39 is 12.0 Å². The number of aryl methyl sites for hydroxylation is 1. The molecule has 0 radical (unpaired) electrons. The van der Waals surface area contributed by atoms with E-state index in [-0.39, 0.29) is 11.3 Å². The Morgan fingerprint density at radius 3 is 2.79 bits per heavy atom. The van der Waals surface area contributed by atoms with Crippen molar-refractivity contribution >= 4 is 17.7 Å². The Morgan fingerprint density at radius 2 is 2.16 bits per heavy atom. The maximum atomic E-state index is 11.6. The second kappa shape index (κ2) is 7.07. The number of terminal acetylenes is 1. The van der Waals surface area contributed by atoms with Gasteiger partial charge in [0.1, 0.15) is 0 Å². The summed E-state index contributed by atoms with van der Waals surface area (Å²) in [6.07, 6.45) is 6.37. The van der Waals surface area contributed by atoms with Crippen LogP contribution in [0.25, 0.3) is 0 Å². The van der Waals surface area contributed by atoms with E-state index in [4.69, 9.17) is 11.5 Å². The lowest BCUT2D eigenvalue weighted by Gasteiger charge is -2.11. The largest absolute Gasteiger partial charge is 0.478 e. The van der Waals surface area contributed by atoms with Crippen LogP contribution in [0.4, 0.5) is 10.5 Å². The first-order chi connectivity index (χ1) is 9.06. The van der Waals surface area contributed by atoms with Crippen molar-refractivity contribution < 1.29 is 14.7 Å². The molecule has 0 aliphatic heterocycles. The monoisotopic (exact) mass is 260 g/mol. The third kappa shape index (κ3) is 4.36. The van der Waals surface area contributed by atoms with E-state index in [1.54, 1.807) is 25.1 Å². The SMILES string of the molecule is C#CCCCNC(=O)Nc1cccc(C)c1C(=O)O. The number of carbonyl (C=O) groups is 2. The quantitative estimate of drug-likeness (QED) is 0.561. The lowest BCUT2D eigenvalue weighted by Crippen LogP contribution is -2.30. The number of nitrogens with one attached hydrogen (secondary N) is 2. The van der Waals surface area contributed by atoms with E-state index in [0.29, 0.717) is 24.9 Å². The van der Waals surface area contributed by atoms with Crippen LogP contribution in [0.3, 0.4) is 0 Å². The molecule has 0 fully saturated rings. The molecule has 0 unspecified atom stereocenters. The van der Waals surface area contributed by atoms with Gasteiger partial charge in [-0.15, -0.1) is 12.3 Å². The van der Waals surface area contributed by atoms with Gasteiger partial charge in [0, 0.05) is 13.0 Å². The molecule has 1 rings (SSSR count). The minimum absolute atomic E-state index is 0.0984. The Labute approximate surface area is 112 Å². The highest BCUT2D eigenvalue weighted by Gasteiger charge is 2.14. The van der Waals surface area contributed by atoms with Gasteiger partial charge in [0.2, 0.25) is 0 Å². The highest BCUT2D eigenvalue weighted by atomic mass is 16.4. The summed E-state index contributed by atoms with van der Waals surface area (Å²) < 4.78 is 0. The summed E-state index contributed by atoms with van der Waals surface area (Å²) in [6, 6.07) is 4.48. The average molecular weight is 260 g/mol. The van der Waals surface area contributed by atoms with Gasteiger partial charge < -0.3 is 15.7 Å². The van der Waals surface area contributed by atoms with Crippen LogP contribution in [-0.4, -0.2) is 23.7 Å². The van der Waals surface area contributed by atoms with Gasteiger partial charge in [-0.1, -0.05) is 12.1 Å². The number of hydrogen-bond acceptors (Lipinski definition) is 2. The minimum atomic E-state index is -1.07. The lowest BCUT2D eigenvalue weighted by atomic mass is 10.1. The maximum absolute atomic E-state index is 11.6. The number of aromatic carboxylic acids is 1. The van der Waals surface area contributed by atoms with E-state index in [1.807, 2.05) is 0 Å². The second-order valence-corrected chi connectivity index (χ2v) is 3.99. The maximum Gasteiger partial charge on any atom is 0.338 e. The van der Waals surface area contributed by atoms with Gasteiger partial charge in [0.25, 0.3) is 0 Å². The normalized spacial score (nSPS) is 9.47. The zero-order valence-electron chi connectivity index (χ0n) is 10.7. The first-order valence-corrected chi connectivity index (χ1v) is 5.87. The first kappa shape index (κ1) is 14.6. The number of rotatable bonds is 5. The van der Waals surface area contributed by atoms with E-state index in [0.717, 1.165) is 0 Å². The number of unbranched alkanes of at least 4 members (excludes halogenated alkanes) is 1. The summed E-state index contributed by atoms with van der Waals surface area (Å²) >= 11 is 0. The van der Waals surface area contributed by atoms with Crippen LogP contribution < -0.4 is 10.6 Å². The molecular weight excluding hydrogens is 244 g/mol. The Morgan fingerprint density at radius 1 is 1.42 bits per heavy atom. The Balaban J connectivity index is 2.67. The highest BCUT2D eigenvalue weighted by molar-refractivity contribution is 6.01. The van der Waals surface area contributed by atoms with Crippen LogP contribution in [0.15, 0.2) is 18.2 Å². The summed E-state index contributed by atoms with van der Waals surface area (Å²) in [5.41, 5.74) is 0.973. The van der Waals surface area contributed by atoms with Crippen molar-refractivity contribution in [3.8, 4) is 12.3 Å². The number of amides is 2. The summed E-state index contributed by atoms with van der Waals surface area (Å²) in [5.74, 6) is 1.40. The average Bonchev–Trinajstić information content (AvgIpc) is 2.34. The third-order valence-corrected chi connectivity index (χ3v) is 2.52. The fourth-order valence-electron chi connectivity index (χ4n) is 1.61. The van der Waals surface area contributed by atoms with Crippen molar-refractivity contribution in [3.05, 3.63) is 29.3 Å². The second-order valence-electron chi connectivity index (χ2n) is 3.99. The molecule has 0 atom stereocenters. The topological polar surface area (TPSA) is 78.4 Å². The van der Waals surface area contributed by atoms with Crippen molar-refractivity contribution in [1.29, 1.82) is 0 Å². The fraction of sp³-hybridized carbons (Fsp3) is 0.286. The molecule has 0 saturated carbocycles. The van der Waals surface area contributed by atoms with Gasteiger partial charge in [0.05, 0.1) is 11.3 Å². The first-order valence-electron chi connectivity index (χ1n) is 5.87. The summed E-state index contributed by atoms with van der Waals surface area (Å²) in [4.78, 5) is 22.7. The van der Waals surface area contributed by atoms with Crippen LogP contribution >= 0.6 is 0 Å². The van der Waals surface area contributed by atoms with Crippen molar-refractivity contribution in [2.45, 2.75) is 19.8 Å². The molecule has 5 heteroatoms. The molecule has 0 spiro atoms. The van der Waals surface area contributed by atoms with E-state index in [2.05, 4.69) is 16.6 Å². The third-order valence-electron chi connectivity index (χ3n) is 2.52. The van der Waals surface area contributed by atoms with Gasteiger partial charge in [-0.05, 0) is 25.0 Å². The molecule has 0 aliphatic rings. The molecule has 3 N–H and O–H groups in total. The molecule has 0 saturated heterocycles. The Hall–Kier alpha value is -2.48. The molecule has 100 valence electrons. The van der Waals surface area contributed by atoms with Crippen molar-refractivity contribution in [2.75, 3.05) is 11.9 Å². The fourth-order valence-corrected chi connectivity index (χ4v) is 1.61. The van der Waals surface area contributed by atoms with Crippen molar-refractivity contribution in [2.24, 2.45) is 0 Å². The predicted molar refractivity (Wildman–Crippen MR) is 73.2 cm³/mol. The number of carboxylic acid groups (broad SMARTS) is 1. The molecule has 1 aromatic rings. The number of urea groups is 1. The number of anilines is 1. The van der Waals surface area contributed by atoms with Gasteiger partial charge in [-0.25, -0.2) is 9.59 Å². The molecule has 2 amide bonds. The molecule has 1 aromatic carbocycles. The van der Waals surface area contributed by atoms with Crippen LogP contribution in [0.1, 0.15) is 28.8 Å². The van der Waals surface area contributed by atoms with Crippen LogP contribution in [0, 0.1) is 19.3 Å². The zero-order valence-corrected chi connectivity index (χ0v) is 10.7. The Bertz CT molecular complexity index is 518. The summed E-state index contributed by atoms with van der Waals surface area (Å²) in [7, 11) is 0. The van der Waals surface area contributed by atoms with Gasteiger partial charge in [-0.2, -0.15) is 0 Å². The molecule has 0 bridgehead atoms. The van der Waals surface area contributed by atoms with Crippen LogP contribution in [0.5, 0.6) is 0 Å². The molecule has 0 aliphatic carbocycles. The van der Waals surface area contributed by atoms with Crippen LogP contribution in [0.2, 0.25) is 0 Å². The number of carbonyl (C=O) groups excluding carboxylic acids is 1. The smallest absolute Gasteiger partial charge is 0.338 e. The van der Waals surface area contributed by atoms with E-state index in [1.165, 1.54) is 0 Å². The van der Waals surface area contributed by atoms with E-state index in [9.17, 15) is 9.59 Å². The summed E-state index contributed by atoms with van der Waals surface area (Å²) in [6.45, 7) is 2.13. The molecule has 19 heavy (non-hydrogen) atoms. The molecule has 0 heterocycles. The summed E-state index contributed by atoms with van der Waals surface area (Å²) in [5, 5.41) is 14.3. The molecule has 0 aromatic heterocycles. The predicted octanol–water partition coefficient (Wildman–Crippen LogP) is 2.23. The number of carboxylic acids is 1. The molecule has 5 nitrogen and oxygen atoms in total. The van der Waals surface area contributed by atoms with Gasteiger partial charge >= 0.3 is 12.0 Å². The lowest BCUT2D eigenvalue weighted by molar-refractivity contribution is 0.0697. The Kier molecular flexibility index (Phi) is 5.42. The molecular formula is C14H16N2O3. The minimum Gasteiger partial charge on any atom is -0.478 e. The zero-order chi connectivity index (χ0) is 14.3. The van der Waals surface area contributed by atoms with E-state index >= 15 is 0 Å². The van der Waals surface area contributed by atoms with Crippen molar-refractivity contribution in [3.63, 3.8) is 0 Å².